The van der Waals surface area contributed by atoms with E-state index >= 15 is 0 Å². The van der Waals surface area contributed by atoms with Crippen molar-refractivity contribution >= 4 is 5.69 Å². The van der Waals surface area contributed by atoms with Crippen molar-refractivity contribution in [1.82, 2.24) is 4.98 Å². The standard InChI is InChI=1S/C5H5N2/c6-5-1-3-7-4-2-5/h1-3H,(H2,6,7). The van der Waals surface area contributed by atoms with Crippen LogP contribution in [0.15, 0.2) is 18.3 Å². The molecule has 0 saturated heterocycles. The zero-order valence-corrected chi connectivity index (χ0v) is 3.76. The summed E-state index contributed by atoms with van der Waals surface area (Å²) in [4.78, 5) is 3.64. The molecular weight excluding hydrogens is 88.1 g/mol. The van der Waals surface area contributed by atoms with Gasteiger partial charge in [0.25, 0.3) is 0 Å². The second-order valence-corrected chi connectivity index (χ2v) is 1.22. The van der Waals surface area contributed by atoms with Gasteiger partial charge in [0.2, 0.25) is 0 Å². The lowest BCUT2D eigenvalue weighted by molar-refractivity contribution is 1.32. The maximum Gasteiger partial charge on any atom is 0.0907 e. The van der Waals surface area contributed by atoms with Crippen LogP contribution in [-0.2, 0) is 0 Å². The molecule has 1 rings (SSSR count). The predicted molar refractivity (Wildman–Crippen MR) is 27.5 cm³/mol. The molecule has 0 aromatic carbocycles. The third-order valence-corrected chi connectivity index (χ3v) is 0.647. The molecule has 7 heavy (non-hydrogen) atoms. The smallest absolute Gasteiger partial charge is 0.0907 e. The molecule has 0 fully saturated rings. The topological polar surface area (TPSA) is 38.9 Å². The number of rotatable bonds is 0. The van der Waals surface area contributed by atoms with E-state index in [-0.39, 0.29) is 0 Å². The van der Waals surface area contributed by atoms with Gasteiger partial charge in [0.15, 0.2) is 0 Å². The van der Waals surface area contributed by atoms with Crippen LogP contribution >= 0.6 is 0 Å². The van der Waals surface area contributed by atoms with Gasteiger partial charge in [-0.3, -0.25) is 4.98 Å². The van der Waals surface area contributed by atoms with E-state index in [9.17, 15) is 0 Å². The van der Waals surface area contributed by atoms with Gasteiger partial charge in [0, 0.05) is 11.9 Å². The fraction of sp³-hybridized carbons (Fsp3) is 0. The molecule has 0 unspecified atom stereocenters. The lowest BCUT2D eigenvalue weighted by atomic mass is 10.4. The molecule has 1 aromatic heterocycles. The Bertz CT molecular complexity index is 136. The van der Waals surface area contributed by atoms with Crippen molar-refractivity contribution in [3.63, 3.8) is 0 Å². The minimum atomic E-state index is 0.704. The molecule has 35 valence electrons. The molecule has 1 radical (unpaired) electrons. The molecule has 0 aliphatic rings. The van der Waals surface area contributed by atoms with E-state index in [1.165, 1.54) is 0 Å². The second-order valence-electron chi connectivity index (χ2n) is 1.22. The largest absolute Gasteiger partial charge is 0.399 e. The van der Waals surface area contributed by atoms with Crippen molar-refractivity contribution in [2.24, 2.45) is 0 Å². The summed E-state index contributed by atoms with van der Waals surface area (Å²) < 4.78 is 0. The van der Waals surface area contributed by atoms with Crippen molar-refractivity contribution in [2.45, 2.75) is 0 Å². The van der Waals surface area contributed by atoms with Gasteiger partial charge in [-0.05, 0) is 12.1 Å². The number of anilines is 1. The van der Waals surface area contributed by atoms with Crippen LogP contribution < -0.4 is 5.73 Å². The first-order chi connectivity index (χ1) is 3.39. The highest BCUT2D eigenvalue weighted by Gasteiger charge is 1.74. The highest BCUT2D eigenvalue weighted by atomic mass is 14.6. The number of nitrogen functional groups attached to an aromatic ring is 1. The average Bonchev–Trinajstić information content (AvgIpc) is 1.69. The first-order valence-corrected chi connectivity index (χ1v) is 1.97. The molecule has 0 aliphatic heterocycles. The highest BCUT2D eigenvalue weighted by molar-refractivity contribution is 5.33. The molecule has 2 nitrogen and oxygen atoms in total. The minimum Gasteiger partial charge on any atom is -0.399 e. The number of pyridine rings is 1. The number of hydrogen-bond donors (Lipinski definition) is 1. The SMILES string of the molecule is Nc1c[c]ncc1. The monoisotopic (exact) mass is 93.0 g/mol. The summed E-state index contributed by atoms with van der Waals surface area (Å²) >= 11 is 0. The zero-order valence-electron chi connectivity index (χ0n) is 3.76. The Morgan fingerprint density at radius 2 is 2.57 bits per heavy atom. The van der Waals surface area contributed by atoms with Gasteiger partial charge in [-0.15, -0.1) is 0 Å². The van der Waals surface area contributed by atoms with Crippen molar-refractivity contribution in [3.05, 3.63) is 24.5 Å². The number of aromatic nitrogens is 1. The van der Waals surface area contributed by atoms with E-state index in [1.54, 1.807) is 18.3 Å². The summed E-state index contributed by atoms with van der Waals surface area (Å²) in [6.45, 7) is 0. The van der Waals surface area contributed by atoms with Crippen molar-refractivity contribution in [2.75, 3.05) is 5.73 Å². The zero-order chi connectivity index (χ0) is 5.11. The molecular formula is C5H5N2. The van der Waals surface area contributed by atoms with E-state index in [4.69, 9.17) is 5.73 Å². The van der Waals surface area contributed by atoms with E-state index in [0.717, 1.165) is 0 Å². The van der Waals surface area contributed by atoms with E-state index in [0.29, 0.717) is 5.69 Å². The Kier molecular flexibility index (Phi) is 0.941. The quantitative estimate of drug-likeness (QED) is 0.506. The van der Waals surface area contributed by atoms with E-state index in [2.05, 4.69) is 11.2 Å². The van der Waals surface area contributed by atoms with Gasteiger partial charge >= 0.3 is 0 Å². The summed E-state index contributed by atoms with van der Waals surface area (Å²) in [5.74, 6) is 0. The molecule has 0 atom stereocenters. The molecule has 2 N–H and O–H groups in total. The van der Waals surface area contributed by atoms with E-state index < -0.39 is 0 Å². The van der Waals surface area contributed by atoms with Gasteiger partial charge in [-0.1, -0.05) is 0 Å². The Hall–Kier alpha value is -1.05. The average molecular weight is 93.1 g/mol. The van der Waals surface area contributed by atoms with Crippen LogP contribution in [0.1, 0.15) is 0 Å². The summed E-state index contributed by atoms with van der Waals surface area (Å²) in [5, 5.41) is 0. The first-order valence-electron chi connectivity index (χ1n) is 1.97. The van der Waals surface area contributed by atoms with Gasteiger partial charge in [0.1, 0.15) is 0 Å². The summed E-state index contributed by atoms with van der Waals surface area (Å²) in [6, 6.07) is 3.34. The summed E-state index contributed by atoms with van der Waals surface area (Å²) in [6.07, 6.45) is 4.19. The first kappa shape index (κ1) is 4.12. The third-order valence-electron chi connectivity index (χ3n) is 0.647. The van der Waals surface area contributed by atoms with Gasteiger partial charge in [0.05, 0.1) is 6.20 Å². The van der Waals surface area contributed by atoms with Crippen LogP contribution in [0, 0.1) is 6.20 Å². The minimum absolute atomic E-state index is 0.704. The van der Waals surface area contributed by atoms with Crippen molar-refractivity contribution in [1.29, 1.82) is 0 Å². The second kappa shape index (κ2) is 1.60. The molecule has 1 aromatic rings. The number of hydrogen-bond acceptors (Lipinski definition) is 2. The molecule has 0 spiro atoms. The molecule has 0 amide bonds. The Morgan fingerprint density at radius 1 is 1.71 bits per heavy atom. The predicted octanol–water partition coefficient (Wildman–Crippen LogP) is 0.464. The van der Waals surface area contributed by atoms with Gasteiger partial charge in [-0.2, -0.15) is 0 Å². The lowest BCUT2D eigenvalue weighted by Crippen LogP contribution is -1.81. The maximum absolute atomic E-state index is 5.29. The van der Waals surface area contributed by atoms with Crippen LogP contribution in [-0.4, -0.2) is 4.98 Å². The lowest BCUT2D eigenvalue weighted by Gasteiger charge is -1.82. The number of nitrogens with two attached hydrogens (primary N) is 1. The Balaban J connectivity index is 3.02. The van der Waals surface area contributed by atoms with Crippen LogP contribution in [0.5, 0.6) is 0 Å². The Labute approximate surface area is 42.0 Å². The Morgan fingerprint density at radius 3 is 2.86 bits per heavy atom. The van der Waals surface area contributed by atoms with Crippen LogP contribution in [0.4, 0.5) is 5.69 Å². The number of nitrogens with zero attached hydrogens (tertiary/aromatic N) is 1. The fourth-order valence-electron chi connectivity index (χ4n) is 0.326. The van der Waals surface area contributed by atoms with E-state index in [1.807, 2.05) is 0 Å². The van der Waals surface area contributed by atoms with Gasteiger partial charge in [-0.25, -0.2) is 0 Å². The maximum atomic E-state index is 5.29. The molecule has 0 saturated carbocycles. The van der Waals surface area contributed by atoms with Crippen LogP contribution in [0.2, 0.25) is 0 Å². The highest BCUT2D eigenvalue weighted by Crippen LogP contribution is 1.92. The molecule has 0 bridgehead atoms. The van der Waals surface area contributed by atoms with Crippen LogP contribution in [0.3, 0.4) is 0 Å². The van der Waals surface area contributed by atoms with Crippen molar-refractivity contribution in [3.8, 4) is 0 Å². The van der Waals surface area contributed by atoms with Crippen molar-refractivity contribution < 1.29 is 0 Å². The van der Waals surface area contributed by atoms with Crippen LogP contribution in [0.25, 0.3) is 0 Å². The van der Waals surface area contributed by atoms with Gasteiger partial charge < -0.3 is 5.73 Å². The normalized spacial score (nSPS) is 8.57. The molecule has 0 aliphatic carbocycles. The molecule has 1 heterocycles. The summed E-state index contributed by atoms with van der Waals surface area (Å²) in [5.41, 5.74) is 5.99. The molecule has 2 heteroatoms. The summed E-state index contributed by atoms with van der Waals surface area (Å²) in [7, 11) is 0. The third kappa shape index (κ3) is 0.892. The fourth-order valence-corrected chi connectivity index (χ4v) is 0.326.